The summed E-state index contributed by atoms with van der Waals surface area (Å²) in [7, 11) is 4.19. The van der Waals surface area contributed by atoms with E-state index in [4.69, 9.17) is 11.6 Å². The monoisotopic (exact) mass is 500 g/mol. The molecule has 1 aromatic heterocycles. The van der Waals surface area contributed by atoms with Crippen molar-refractivity contribution in [3.8, 4) is 0 Å². The molecule has 0 spiro atoms. The van der Waals surface area contributed by atoms with E-state index in [9.17, 15) is 4.79 Å². The van der Waals surface area contributed by atoms with Crippen LogP contribution in [-0.4, -0.2) is 92.1 Å². The molecule has 3 N–H and O–H groups in total. The van der Waals surface area contributed by atoms with Gasteiger partial charge in [0.1, 0.15) is 10.8 Å². The molecule has 9 nitrogen and oxygen atoms in total. The van der Waals surface area contributed by atoms with E-state index in [-0.39, 0.29) is 11.8 Å². The number of likely N-dealkylation sites (tertiary alicyclic amines) is 1. The molecule has 0 unspecified atom stereocenters. The maximum Gasteiger partial charge on any atom is 0.229 e. The van der Waals surface area contributed by atoms with E-state index in [2.05, 4.69) is 72.8 Å². The summed E-state index contributed by atoms with van der Waals surface area (Å²) in [6.45, 7) is 9.38. The molecule has 0 atom stereocenters. The third-order valence-electron chi connectivity index (χ3n) is 6.71. The molecule has 2 aliphatic heterocycles. The summed E-state index contributed by atoms with van der Waals surface area (Å²) in [5, 5.41) is 10.1. The highest BCUT2D eigenvalue weighted by Gasteiger charge is 2.29. The molecule has 2 saturated heterocycles. The van der Waals surface area contributed by atoms with E-state index in [0.717, 1.165) is 57.8 Å². The van der Waals surface area contributed by atoms with Gasteiger partial charge in [-0.25, -0.2) is 4.98 Å². The Kier molecular flexibility index (Phi) is 8.64. The van der Waals surface area contributed by atoms with Gasteiger partial charge in [-0.15, -0.1) is 0 Å². The lowest BCUT2D eigenvalue weighted by Gasteiger charge is -2.34. The van der Waals surface area contributed by atoms with Gasteiger partial charge in [-0.2, -0.15) is 4.98 Å². The fourth-order valence-corrected chi connectivity index (χ4v) is 4.60. The number of nitrogens with one attached hydrogen (secondary N) is 3. The van der Waals surface area contributed by atoms with Crippen molar-refractivity contribution in [3.05, 3.63) is 35.0 Å². The van der Waals surface area contributed by atoms with Crippen molar-refractivity contribution in [3.63, 3.8) is 0 Å². The average molecular weight is 501 g/mol. The Morgan fingerprint density at radius 1 is 1.11 bits per heavy atom. The van der Waals surface area contributed by atoms with Gasteiger partial charge in [-0.05, 0) is 50.7 Å². The van der Waals surface area contributed by atoms with E-state index in [1.54, 1.807) is 6.20 Å². The van der Waals surface area contributed by atoms with Crippen LogP contribution in [0.1, 0.15) is 18.9 Å². The number of benzene rings is 1. The van der Waals surface area contributed by atoms with Gasteiger partial charge in [-0.1, -0.05) is 18.5 Å². The van der Waals surface area contributed by atoms with Crippen LogP contribution in [0.2, 0.25) is 5.02 Å². The summed E-state index contributed by atoms with van der Waals surface area (Å²) in [6.07, 6.45) is 3.30. The Labute approximate surface area is 213 Å². The predicted molar refractivity (Wildman–Crippen MR) is 143 cm³/mol. The largest absolute Gasteiger partial charge is 0.369 e. The number of aryl methyl sites for hydroxylation is 1. The first-order valence-corrected chi connectivity index (χ1v) is 12.9. The Balaban J connectivity index is 1.30. The zero-order valence-corrected chi connectivity index (χ0v) is 21.7. The van der Waals surface area contributed by atoms with Gasteiger partial charge >= 0.3 is 0 Å². The van der Waals surface area contributed by atoms with E-state index in [0.29, 0.717) is 29.9 Å². The number of aromatic nitrogens is 2. The van der Waals surface area contributed by atoms with Crippen molar-refractivity contribution in [1.29, 1.82) is 0 Å². The van der Waals surface area contributed by atoms with Crippen molar-refractivity contribution in [1.82, 2.24) is 25.1 Å². The lowest BCUT2D eigenvalue weighted by Crippen LogP contribution is -2.51. The minimum atomic E-state index is 0.126. The third kappa shape index (κ3) is 6.74. The molecule has 10 heteroatoms. The Morgan fingerprint density at radius 3 is 2.60 bits per heavy atom. The van der Waals surface area contributed by atoms with E-state index in [1.165, 1.54) is 11.3 Å². The lowest BCUT2D eigenvalue weighted by atomic mass is 10.0. The summed E-state index contributed by atoms with van der Waals surface area (Å²) >= 11 is 6.32. The number of halogens is 1. The second kappa shape index (κ2) is 11.9. The molecular formula is C25H37ClN8O. The molecule has 0 saturated carbocycles. The SMILES string of the molecule is CCc1cc(N2CCN(C)CC2)ccc1Nc1ncc(Cl)c(NCCCNC(=O)C2CN(C)C2)n1. The van der Waals surface area contributed by atoms with Crippen LogP contribution in [0.4, 0.5) is 23.1 Å². The molecule has 2 aliphatic rings. The molecular weight excluding hydrogens is 464 g/mol. The molecule has 0 radical (unpaired) electrons. The number of piperazine rings is 1. The number of nitrogens with zero attached hydrogens (tertiary/aromatic N) is 5. The quantitative estimate of drug-likeness (QED) is 0.429. The van der Waals surface area contributed by atoms with Crippen molar-refractivity contribution in [2.24, 2.45) is 5.92 Å². The number of carbonyl (C=O) groups is 1. The molecule has 1 aromatic carbocycles. The summed E-state index contributed by atoms with van der Waals surface area (Å²) in [5.74, 6) is 1.35. The molecule has 3 heterocycles. The first-order chi connectivity index (χ1) is 16.9. The Bertz CT molecular complexity index is 1000. The third-order valence-corrected chi connectivity index (χ3v) is 6.99. The van der Waals surface area contributed by atoms with Gasteiger partial charge in [0.25, 0.3) is 0 Å². The Morgan fingerprint density at radius 2 is 1.89 bits per heavy atom. The van der Waals surface area contributed by atoms with Crippen LogP contribution in [0, 0.1) is 5.92 Å². The topological polar surface area (TPSA) is 88.7 Å². The Hall–Kier alpha value is -2.62. The van der Waals surface area contributed by atoms with Crippen LogP contribution in [0.3, 0.4) is 0 Å². The van der Waals surface area contributed by atoms with Crippen LogP contribution >= 0.6 is 11.6 Å². The zero-order valence-electron chi connectivity index (χ0n) is 21.0. The van der Waals surface area contributed by atoms with Crippen LogP contribution in [0.25, 0.3) is 0 Å². The molecule has 0 bridgehead atoms. The number of carbonyl (C=O) groups excluding carboxylic acids is 1. The maximum absolute atomic E-state index is 12.0. The average Bonchev–Trinajstić information content (AvgIpc) is 2.84. The number of hydrogen-bond donors (Lipinski definition) is 3. The number of rotatable bonds is 10. The van der Waals surface area contributed by atoms with Gasteiger partial charge in [-0.3, -0.25) is 4.79 Å². The van der Waals surface area contributed by atoms with Gasteiger partial charge in [0.15, 0.2) is 0 Å². The summed E-state index contributed by atoms with van der Waals surface area (Å²) in [5.41, 5.74) is 3.49. The van der Waals surface area contributed by atoms with Crippen molar-refractivity contribution >= 4 is 40.6 Å². The summed E-state index contributed by atoms with van der Waals surface area (Å²) in [6, 6.07) is 6.54. The highest BCUT2D eigenvalue weighted by molar-refractivity contribution is 6.32. The fourth-order valence-electron chi connectivity index (χ4n) is 4.44. The van der Waals surface area contributed by atoms with Crippen LogP contribution in [0.15, 0.2) is 24.4 Å². The lowest BCUT2D eigenvalue weighted by molar-refractivity contribution is -0.129. The van der Waals surface area contributed by atoms with Crippen LogP contribution in [0.5, 0.6) is 0 Å². The number of amides is 1. The molecule has 35 heavy (non-hydrogen) atoms. The molecule has 2 fully saturated rings. The molecule has 1 amide bonds. The second-order valence-corrected chi connectivity index (χ2v) is 9.90. The van der Waals surface area contributed by atoms with Gasteiger partial charge < -0.3 is 30.7 Å². The van der Waals surface area contributed by atoms with Gasteiger partial charge in [0, 0.05) is 63.7 Å². The molecule has 0 aliphatic carbocycles. The summed E-state index contributed by atoms with van der Waals surface area (Å²) < 4.78 is 0. The van der Waals surface area contributed by atoms with Crippen LogP contribution in [-0.2, 0) is 11.2 Å². The van der Waals surface area contributed by atoms with E-state index >= 15 is 0 Å². The zero-order chi connectivity index (χ0) is 24.8. The minimum absolute atomic E-state index is 0.126. The van der Waals surface area contributed by atoms with E-state index in [1.807, 2.05) is 7.05 Å². The summed E-state index contributed by atoms with van der Waals surface area (Å²) in [4.78, 5) is 27.9. The highest BCUT2D eigenvalue weighted by atomic mass is 35.5. The standard InChI is InChI=1S/C25H37ClN8O/c1-4-18-14-20(34-12-10-32(2)11-13-34)6-7-22(18)30-25-29-15-21(26)23(31-25)27-8-5-9-28-24(35)19-16-33(3)17-19/h6-7,14-15,19H,4-5,8-13,16-17H2,1-3H3,(H,28,35)(H2,27,29,30,31). The second-order valence-electron chi connectivity index (χ2n) is 9.49. The normalized spacial score (nSPS) is 17.2. The number of likely N-dealkylation sites (N-methyl/N-ethyl adjacent to an activating group) is 1. The number of hydrogen-bond acceptors (Lipinski definition) is 8. The highest BCUT2D eigenvalue weighted by Crippen LogP contribution is 2.28. The fraction of sp³-hybridized carbons (Fsp3) is 0.560. The van der Waals surface area contributed by atoms with Crippen LogP contribution < -0.4 is 20.9 Å². The first kappa shape index (κ1) is 25.5. The molecule has 190 valence electrons. The maximum atomic E-state index is 12.0. The smallest absolute Gasteiger partial charge is 0.229 e. The van der Waals surface area contributed by atoms with Crippen molar-refractivity contribution in [2.45, 2.75) is 19.8 Å². The number of anilines is 4. The molecule has 4 rings (SSSR count). The van der Waals surface area contributed by atoms with Gasteiger partial charge in [0.05, 0.1) is 12.1 Å². The first-order valence-electron chi connectivity index (χ1n) is 12.5. The minimum Gasteiger partial charge on any atom is -0.369 e. The van der Waals surface area contributed by atoms with Gasteiger partial charge in [0.2, 0.25) is 11.9 Å². The van der Waals surface area contributed by atoms with Crippen molar-refractivity contribution < 1.29 is 4.79 Å². The predicted octanol–water partition coefficient (Wildman–Crippen LogP) is 2.67. The van der Waals surface area contributed by atoms with E-state index < -0.39 is 0 Å². The molecule has 2 aromatic rings. The van der Waals surface area contributed by atoms with Crippen molar-refractivity contribution in [2.75, 3.05) is 82.0 Å².